The second kappa shape index (κ2) is 7.44. The van der Waals surface area contributed by atoms with E-state index in [4.69, 9.17) is 9.47 Å². The summed E-state index contributed by atoms with van der Waals surface area (Å²) in [6.07, 6.45) is 3.98. The van der Waals surface area contributed by atoms with Gasteiger partial charge in [-0.15, -0.1) is 0 Å². The van der Waals surface area contributed by atoms with Crippen molar-refractivity contribution in [1.29, 1.82) is 0 Å². The molecule has 25 heavy (non-hydrogen) atoms. The van der Waals surface area contributed by atoms with Crippen molar-refractivity contribution in [2.45, 2.75) is 57.5 Å². The van der Waals surface area contributed by atoms with Gasteiger partial charge in [-0.3, -0.25) is 9.69 Å². The molecule has 2 saturated heterocycles. The Balaban J connectivity index is 1.45. The fraction of sp³-hybridized carbons (Fsp3) is 0.650. The molecule has 3 heterocycles. The van der Waals surface area contributed by atoms with Gasteiger partial charge in [0.1, 0.15) is 0 Å². The summed E-state index contributed by atoms with van der Waals surface area (Å²) in [6, 6.07) is 8.54. The fourth-order valence-corrected chi connectivity index (χ4v) is 4.36. The van der Waals surface area contributed by atoms with Crippen LogP contribution < -0.4 is 0 Å². The van der Waals surface area contributed by atoms with Gasteiger partial charge in [-0.2, -0.15) is 0 Å². The van der Waals surface area contributed by atoms with Crippen LogP contribution in [0.2, 0.25) is 0 Å². The van der Waals surface area contributed by atoms with Gasteiger partial charge in [0, 0.05) is 19.6 Å². The van der Waals surface area contributed by atoms with E-state index >= 15 is 0 Å². The number of likely N-dealkylation sites (tertiary alicyclic amines) is 1. The van der Waals surface area contributed by atoms with E-state index in [1.807, 2.05) is 4.90 Å². The van der Waals surface area contributed by atoms with Crippen LogP contribution in [0.15, 0.2) is 24.3 Å². The van der Waals surface area contributed by atoms with E-state index in [0.29, 0.717) is 13.2 Å². The third-order valence-corrected chi connectivity index (χ3v) is 5.86. The van der Waals surface area contributed by atoms with Crippen LogP contribution in [0.25, 0.3) is 0 Å². The van der Waals surface area contributed by atoms with E-state index in [-0.39, 0.29) is 24.3 Å². The minimum Gasteiger partial charge on any atom is -0.348 e. The van der Waals surface area contributed by atoms with Gasteiger partial charge in [-0.05, 0) is 43.7 Å². The summed E-state index contributed by atoms with van der Waals surface area (Å²) in [5.74, 6) is 0.225. The van der Waals surface area contributed by atoms with Crippen LogP contribution >= 0.6 is 0 Å². The first-order valence-corrected chi connectivity index (χ1v) is 9.58. The molecule has 0 saturated carbocycles. The zero-order valence-corrected chi connectivity index (χ0v) is 15.0. The van der Waals surface area contributed by atoms with Gasteiger partial charge in [0.2, 0.25) is 5.91 Å². The molecule has 1 amide bonds. The Morgan fingerprint density at radius 3 is 2.68 bits per heavy atom. The molecule has 1 aromatic rings. The Hall–Kier alpha value is -1.43. The van der Waals surface area contributed by atoms with Gasteiger partial charge in [-0.25, -0.2) is 0 Å². The smallest absolute Gasteiger partial charge is 0.240 e. The number of hydrogen-bond donors (Lipinski definition) is 0. The zero-order chi connectivity index (χ0) is 17.2. The number of hydrogen-bond acceptors (Lipinski definition) is 4. The van der Waals surface area contributed by atoms with Crippen molar-refractivity contribution < 1.29 is 14.3 Å². The highest BCUT2D eigenvalue weighted by Gasteiger charge is 2.39. The first-order chi connectivity index (χ1) is 12.2. The van der Waals surface area contributed by atoms with Crippen molar-refractivity contribution >= 4 is 5.91 Å². The third kappa shape index (κ3) is 3.46. The second-order valence-electron chi connectivity index (χ2n) is 7.37. The predicted molar refractivity (Wildman–Crippen MR) is 95.1 cm³/mol. The van der Waals surface area contributed by atoms with Crippen LogP contribution in [0.3, 0.4) is 0 Å². The highest BCUT2D eigenvalue weighted by atomic mass is 16.7. The molecule has 2 atom stereocenters. The van der Waals surface area contributed by atoms with Crippen molar-refractivity contribution in [1.82, 2.24) is 9.80 Å². The summed E-state index contributed by atoms with van der Waals surface area (Å²) >= 11 is 0. The minimum atomic E-state index is -0.237. The molecule has 0 spiro atoms. The molecule has 3 aliphatic heterocycles. The third-order valence-electron chi connectivity index (χ3n) is 5.86. The molecule has 5 nitrogen and oxygen atoms in total. The number of ether oxygens (including phenoxy) is 2. The standard InChI is InChI=1S/C20H28N2O3/c1-15(21-11-9-16-6-2-3-7-17(16)14-21)19(23)22-10-5-4-8-18(22)20-24-12-13-25-20/h2-3,6-7,15,18,20H,4-5,8-14H2,1H3/t15-,18+/m1/s1. The second-order valence-corrected chi connectivity index (χ2v) is 7.37. The Bertz CT molecular complexity index is 615. The van der Waals surface area contributed by atoms with Crippen LogP contribution in [0.4, 0.5) is 0 Å². The maximum absolute atomic E-state index is 13.2. The van der Waals surface area contributed by atoms with Crippen LogP contribution in [0.5, 0.6) is 0 Å². The maximum atomic E-state index is 13.2. The molecule has 0 bridgehead atoms. The molecule has 4 rings (SSSR count). The first-order valence-electron chi connectivity index (χ1n) is 9.58. The van der Waals surface area contributed by atoms with Crippen LogP contribution in [0, 0.1) is 0 Å². The molecule has 0 radical (unpaired) electrons. The molecule has 5 heteroatoms. The Morgan fingerprint density at radius 1 is 1.12 bits per heavy atom. The van der Waals surface area contributed by atoms with Crippen molar-refractivity contribution in [2.75, 3.05) is 26.3 Å². The number of fused-ring (bicyclic) bond motifs is 1. The number of nitrogens with zero attached hydrogens (tertiary/aromatic N) is 2. The Morgan fingerprint density at radius 2 is 1.88 bits per heavy atom. The first kappa shape index (κ1) is 17.0. The lowest BCUT2D eigenvalue weighted by molar-refractivity contribution is -0.155. The summed E-state index contributed by atoms with van der Waals surface area (Å²) in [5, 5.41) is 0. The molecule has 2 fully saturated rings. The number of carbonyl (C=O) groups is 1. The lowest BCUT2D eigenvalue weighted by Crippen LogP contribution is -2.56. The number of benzene rings is 1. The van der Waals surface area contributed by atoms with Gasteiger partial charge in [0.05, 0.1) is 25.3 Å². The summed E-state index contributed by atoms with van der Waals surface area (Å²) in [5.41, 5.74) is 2.77. The van der Waals surface area contributed by atoms with Gasteiger partial charge in [-0.1, -0.05) is 24.3 Å². The molecule has 0 aliphatic carbocycles. The van der Waals surface area contributed by atoms with Crippen LogP contribution in [0.1, 0.15) is 37.3 Å². The number of carbonyl (C=O) groups excluding carboxylic acids is 1. The summed E-state index contributed by atoms with van der Waals surface area (Å²) in [6.45, 7) is 5.96. The highest BCUT2D eigenvalue weighted by Crippen LogP contribution is 2.27. The number of amides is 1. The van der Waals surface area contributed by atoms with Crippen molar-refractivity contribution in [3.05, 3.63) is 35.4 Å². The van der Waals surface area contributed by atoms with E-state index in [9.17, 15) is 4.79 Å². The van der Waals surface area contributed by atoms with Gasteiger partial charge in [0.15, 0.2) is 6.29 Å². The molecule has 136 valence electrons. The van der Waals surface area contributed by atoms with E-state index in [1.54, 1.807) is 0 Å². The summed E-state index contributed by atoms with van der Waals surface area (Å²) in [7, 11) is 0. The van der Waals surface area contributed by atoms with Crippen LogP contribution in [-0.2, 0) is 27.2 Å². The normalized spacial score (nSPS) is 26.4. The van der Waals surface area contributed by atoms with Gasteiger partial charge in [0.25, 0.3) is 0 Å². The molecule has 3 aliphatic rings. The largest absolute Gasteiger partial charge is 0.348 e. The summed E-state index contributed by atoms with van der Waals surface area (Å²) < 4.78 is 11.4. The molecule has 0 unspecified atom stereocenters. The molecular weight excluding hydrogens is 316 g/mol. The highest BCUT2D eigenvalue weighted by molar-refractivity contribution is 5.82. The zero-order valence-electron chi connectivity index (χ0n) is 15.0. The predicted octanol–water partition coefficient (Wildman–Crippen LogP) is 2.19. The average molecular weight is 344 g/mol. The van der Waals surface area contributed by atoms with Gasteiger partial charge < -0.3 is 14.4 Å². The molecular formula is C20H28N2O3. The number of rotatable bonds is 3. The van der Waals surface area contributed by atoms with Crippen molar-refractivity contribution in [3.8, 4) is 0 Å². The van der Waals surface area contributed by atoms with Gasteiger partial charge >= 0.3 is 0 Å². The Labute approximate surface area is 149 Å². The van der Waals surface area contributed by atoms with Crippen molar-refractivity contribution in [3.63, 3.8) is 0 Å². The topological polar surface area (TPSA) is 42.0 Å². The summed E-state index contributed by atoms with van der Waals surface area (Å²) in [4.78, 5) is 17.6. The molecule has 1 aromatic carbocycles. The molecule has 0 aromatic heterocycles. The van der Waals surface area contributed by atoms with E-state index < -0.39 is 0 Å². The fourth-order valence-electron chi connectivity index (χ4n) is 4.36. The minimum absolute atomic E-state index is 0.0725. The average Bonchev–Trinajstić information content (AvgIpc) is 3.21. The molecule has 0 N–H and O–H groups in total. The maximum Gasteiger partial charge on any atom is 0.240 e. The monoisotopic (exact) mass is 344 g/mol. The SMILES string of the molecule is C[C@H](C(=O)N1CCCC[C@H]1C1OCCO1)N1CCc2ccccc2C1. The van der Waals surface area contributed by atoms with E-state index in [0.717, 1.165) is 45.3 Å². The van der Waals surface area contributed by atoms with Crippen LogP contribution in [-0.4, -0.2) is 60.4 Å². The number of piperidine rings is 1. The van der Waals surface area contributed by atoms with Crippen molar-refractivity contribution in [2.24, 2.45) is 0 Å². The van der Waals surface area contributed by atoms with E-state index in [2.05, 4.69) is 36.1 Å². The lowest BCUT2D eigenvalue weighted by Gasteiger charge is -2.42. The quantitative estimate of drug-likeness (QED) is 0.843. The van der Waals surface area contributed by atoms with E-state index in [1.165, 1.54) is 11.1 Å². The Kier molecular flexibility index (Phi) is 5.06. The lowest BCUT2D eigenvalue weighted by atomic mass is 9.97.